The Bertz CT molecular complexity index is 684. The highest BCUT2D eigenvalue weighted by Gasteiger charge is 2.27. The molecule has 4 heteroatoms. The molecule has 1 saturated heterocycles. The van der Waals surface area contributed by atoms with Crippen molar-refractivity contribution in [3.05, 3.63) is 65.5 Å². The number of hydrogen-bond acceptors (Lipinski definition) is 3. The van der Waals surface area contributed by atoms with E-state index < -0.39 is 0 Å². The lowest BCUT2D eigenvalue weighted by Crippen LogP contribution is -2.30. The topological polar surface area (TPSA) is 38.3 Å². The van der Waals surface area contributed by atoms with Crippen LogP contribution in [0.5, 0.6) is 5.75 Å². The third-order valence-corrected chi connectivity index (χ3v) is 4.27. The van der Waals surface area contributed by atoms with E-state index in [0.717, 1.165) is 18.4 Å². The summed E-state index contributed by atoms with van der Waals surface area (Å²) in [7, 11) is 0. The number of hydrogen-bond donors (Lipinski definition) is 1. The zero-order valence-electron chi connectivity index (χ0n) is 13.1. The van der Waals surface area contributed by atoms with Gasteiger partial charge in [-0.2, -0.15) is 0 Å². The Balaban J connectivity index is 1.59. The number of halogens is 1. The lowest BCUT2D eigenvalue weighted by Gasteiger charge is -2.14. The quantitative estimate of drug-likeness (QED) is 0.913. The van der Waals surface area contributed by atoms with Gasteiger partial charge in [0.2, 0.25) is 0 Å². The molecule has 0 aliphatic carbocycles. The van der Waals surface area contributed by atoms with Crippen LogP contribution in [0.1, 0.15) is 36.9 Å². The molecule has 3 rings (SSSR count). The molecule has 1 heterocycles. The molecule has 3 nitrogen and oxygen atoms in total. The van der Waals surface area contributed by atoms with E-state index in [1.165, 1.54) is 6.07 Å². The number of ketones is 1. The summed E-state index contributed by atoms with van der Waals surface area (Å²) in [6.45, 7) is 1.83. The first-order chi connectivity index (χ1) is 11.1. The Hall–Kier alpha value is -2.20. The molecule has 0 aromatic heterocycles. The summed E-state index contributed by atoms with van der Waals surface area (Å²) in [5.41, 5.74) is 1.69. The van der Waals surface area contributed by atoms with Gasteiger partial charge in [0.1, 0.15) is 24.0 Å². The molecule has 0 saturated carbocycles. The summed E-state index contributed by atoms with van der Waals surface area (Å²) in [5.74, 6) is 0.644. The summed E-state index contributed by atoms with van der Waals surface area (Å²) in [5, 5.41) is 3.35. The van der Waals surface area contributed by atoms with Gasteiger partial charge >= 0.3 is 0 Å². The first-order valence-electron chi connectivity index (χ1n) is 7.86. The lowest BCUT2D eigenvalue weighted by molar-refractivity contribution is -0.118. The summed E-state index contributed by atoms with van der Waals surface area (Å²) in [6, 6.07) is 14.6. The van der Waals surface area contributed by atoms with E-state index in [0.29, 0.717) is 11.3 Å². The van der Waals surface area contributed by atoms with Gasteiger partial charge in [-0.15, -0.1) is 0 Å². The van der Waals surface area contributed by atoms with Crippen molar-refractivity contribution in [2.24, 2.45) is 0 Å². The van der Waals surface area contributed by atoms with Crippen LogP contribution in [0, 0.1) is 5.82 Å². The van der Waals surface area contributed by atoms with Crippen molar-refractivity contribution in [2.75, 3.05) is 0 Å². The smallest absolute Gasteiger partial charge is 0.146 e. The number of nitrogens with one attached hydrogen (secondary N) is 1. The maximum Gasteiger partial charge on any atom is 0.146 e. The summed E-state index contributed by atoms with van der Waals surface area (Å²) in [4.78, 5) is 11.4. The Labute approximate surface area is 135 Å². The van der Waals surface area contributed by atoms with E-state index in [1.807, 2.05) is 24.3 Å². The molecule has 2 aromatic carbocycles. The average molecular weight is 313 g/mol. The van der Waals surface area contributed by atoms with Crippen molar-refractivity contribution in [3.63, 3.8) is 0 Å². The maximum absolute atomic E-state index is 13.5. The van der Waals surface area contributed by atoms with Crippen LogP contribution in [-0.2, 0) is 11.4 Å². The summed E-state index contributed by atoms with van der Waals surface area (Å²) >= 11 is 0. The van der Waals surface area contributed by atoms with Gasteiger partial charge in [0.25, 0.3) is 0 Å². The largest absolute Gasteiger partial charge is 0.489 e. The minimum Gasteiger partial charge on any atom is -0.489 e. The van der Waals surface area contributed by atoms with Crippen molar-refractivity contribution in [2.45, 2.75) is 38.5 Å². The Morgan fingerprint density at radius 1 is 1.17 bits per heavy atom. The second-order valence-corrected chi connectivity index (χ2v) is 5.91. The highest BCUT2D eigenvalue weighted by Crippen LogP contribution is 2.28. The predicted octanol–water partition coefficient (Wildman–Crippen LogP) is 3.79. The van der Waals surface area contributed by atoms with Gasteiger partial charge < -0.3 is 10.1 Å². The molecule has 0 bridgehead atoms. The van der Waals surface area contributed by atoms with Gasteiger partial charge in [0.15, 0.2) is 0 Å². The van der Waals surface area contributed by atoms with Crippen molar-refractivity contribution < 1.29 is 13.9 Å². The maximum atomic E-state index is 13.5. The van der Waals surface area contributed by atoms with Gasteiger partial charge in [-0.3, -0.25) is 4.79 Å². The van der Waals surface area contributed by atoms with Crippen LogP contribution < -0.4 is 10.1 Å². The molecule has 0 amide bonds. The molecule has 1 N–H and O–H groups in total. The first-order valence-corrected chi connectivity index (χ1v) is 7.86. The van der Waals surface area contributed by atoms with E-state index >= 15 is 0 Å². The van der Waals surface area contributed by atoms with Crippen LogP contribution >= 0.6 is 0 Å². The van der Waals surface area contributed by atoms with Crippen molar-refractivity contribution >= 4 is 5.78 Å². The number of Topliss-reactive ketones (excluding diaryl/α,β-unsaturated/α-hetero) is 1. The highest BCUT2D eigenvalue weighted by atomic mass is 19.1. The normalized spacial score (nSPS) is 20.4. The van der Waals surface area contributed by atoms with Gasteiger partial charge in [0, 0.05) is 11.6 Å². The summed E-state index contributed by atoms with van der Waals surface area (Å²) in [6.07, 6.45) is 1.84. The van der Waals surface area contributed by atoms with Crippen LogP contribution in [0.15, 0.2) is 48.5 Å². The Kier molecular flexibility index (Phi) is 4.72. The van der Waals surface area contributed by atoms with Gasteiger partial charge in [-0.05, 0) is 43.5 Å². The molecule has 0 spiro atoms. The lowest BCUT2D eigenvalue weighted by atomic mass is 10.1. The third-order valence-electron chi connectivity index (χ3n) is 4.27. The van der Waals surface area contributed by atoms with Crippen LogP contribution in [-0.4, -0.2) is 11.8 Å². The Morgan fingerprint density at radius 2 is 1.91 bits per heavy atom. The fourth-order valence-electron chi connectivity index (χ4n) is 2.90. The number of benzene rings is 2. The fraction of sp³-hybridized carbons (Fsp3) is 0.316. The average Bonchev–Trinajstić information content (AvgIpc) is 3.05. The van der Waals surface area contributed by atoms with E-state index in [9.17, 15) is 9.18 Å². The molecular weight excluding hydrogens is 293 g/mol. The summed E-state index contributed by atoms with van der Waals surface area (Å²) < 4.78 is 19.2. The first kappa shape index (κ1) is 15.7. The molecular formula is C19H20FNO2. The molecule has 0 radical (unpaired) electrons. The molecule has 1 fully saturated rings. The van der Waals surface area contributed by atoms with E-state index in [1.54, 1.807) is 25.1 Å². The zero-order valence-corrected chi connectivity index (χ0v) is 13.1. The highest BCUT2D eigenvalue weighted by molar-refractivity contribution is 5.81. The molecule has 23 heavy (non-hydrogen) atoms. The van der Waals surface area contributed by atoms with Gasteiger partial charge in [0.05, 0.1) is 6.04 Å². The van der Waals surface area contributed by atoms with Crippen molar-refractivity contribution in [1.82, 2.24) is 5.32 Å². The van der Waals surface area contributed by atoms with Crippen LogP contribution in [0.2, 0.25) is 0 Å². The SMILES string of the molecule is CC(=O)[C@@H]1CC[C@@H](c2ccc(OCc3ccccc3F)cc2)N1. The standard InChI is InChI=1S/C19H20FNO2/c1-13(22)18-10-11-19(21-18)14-6-8-16(9-7-14)23-12-15-4-2-3-5-17(15)20/h2-9,18-19,21H,10-12H2,1H3/t18-,19-/m0/s1. The number of ether oxygens (including phenoxy) is 1. The van der Waals surface area contributed by atoms with E-state index in [4.69, 9.17) is 4.74 Å². The fourth-order valence-corrected chi connectivity index (χ4v) is 2.90. The van der Waals surface area contributed by atoms with Crippen LogP contribution in [0.3, 0.4) is 0 Å². The predicted molar refractivity (Wildman–Crippen MR) is 86.8 cm³/mol. The molecule has 2 aromatic rings. The van der Waals surface area contributed by atoms with Crippen LogP contribution in [0.4, 0.5) is 4.39 Å². The molecule has 1 aliphatic heterocycles. The minimum atomic E-state index is -0.255. The van der Waals surface area contributed by atoms with Crippen molar-refractivity contribution in [1.29, 1.82) is 0 Å². The molecule has 0 unspecified atom stereocenters. The van der Waals surface area contributed by atoms with Gasteiger partial charge in [-0.1, -0.05) is 30.3 Å². The van der Waals surface area contributed by atoms with Gasteiger partial charge in [-0.25, -0.2) is 4.39 Å². The number of carbonyl (C=O) groups excluding carboxylic acids is 1. The second kappa shape index (κ2) is 6.92. The minimum absolute atomic E-state index is 0.0306. The van der Waals surface area contributed by atoms with E-state index in [-0.39, 0.29) is 30.3 Å². The second-order valence-electron chi connectivity index (χ2n) is 5.91. The third kappa shape index (κ3) is 3.77. The number of carbonyl (C=O) groups is 1. The van der Waals surface area contributed by atoms with Crippen molar-refractivity contribution in [3.8, 4) is 5.75 Å². The molecule has 2 atom stereocenters. The number of rotatable bonds is 5. The molecule has 120 valence electrons. The zero-order chi connectivity index (χ0) is 16.2. The Morgan fingerprint density at radius 3 is 2.57 bits per heavy atom. The monoisotopic (exact) mass is 313 g/mol. The molecule has 1 aliphatic rings. The van der Waals surface area contributed by atoms with Crippen LogP contribution in [0.25, 0.3) is 0 Å². The van der Waals surface area contributed by atoms with E-state index in [2.05, 4.69) is 5.32 Å².